The van der Waals surface area contributed by atoms with Crippen LogP contribution in [0.5, 0.6) is 0 Å². The van der Waals surface area contributed by atoms with E-state index in [0.29, 0.717) is 17.8 Å². The van der Waals surface area contributed by atoms with Crippen LogP contribution >= 0.6 is 0 Å². The van der Waals surface area contributed by atoms with Gasteiger partial charge in [-0.1, -0.05) is 36.4 Å². The lowest BCUT2D eigenvalue weighted by molar-refractivity contribution is 0.748. The monoisotopic (exact) mass is 276 g/mol. The summed E-state index contributed by atoms with van der Waals surface area (Å²) in [5.41, 5.74) is 3.27. The Morgan fingerprint density at radius 3 is 2.67 bits per heavy atom. The molecule has 1 aliphatic carbocycles. The summed E-state index contributed by atoms with van der Waals surface area (Å²) in [4.78, 5) is 17.0. The quantitative estimate of drug-likeness (QED) is 0.735. The van der Waals surface area contributed by atoms with E-state index < -0.39 is 0 Å². The van der Waals surface area contributed by atoms with Crippen molar-refractivity contribution in [2.75, 3.05) is 0 Å². The first kappa shape index (κ1) is 12.3. The second kappa shape index (κ2) is 4.85. The fraction of sp³-hybridized carbons (Fsp3) is 0.222. The van der Waals surface area contributed by atoms with E-state index in [0.717, 1.165) is 11.1 Å². The van der Waals surface area contributed by atoms with E-state index in [1.54, 1.807) is 10.9 Å². The van der Waals surface area contributed by atoms with Crippen LogP contribution in [-0.4, -0.2) is 9.55 Å². The van der Waals surface area contributed by atoms with E-state index in [2.05, 4.69) is 17.1 Å². The van der Waals surface area contributed by atoms with Gasteiger partial charge in [-0.3, -0.25) is 9.36 Å². The van der Waals surface area contributed by atoms with Gasteiger partial charge in [0.2, 0.25) is 0 Å². The number of nitrogens with zero attached hydrogens (tertiary/aromatic N) is 2. The zero-order valence-electron chi connectivity index (χ0n) is 11.7. The Bertz CT molecular complexity index is 848. The molecule has 3 nitrogen and oxygen atoms in total. The van der Waals surface area contributed by atoms with Gasteiger partial charge in [0.1, 0.15) is 0 Å². The maximum atomic E-state index is 12.6. The zero-order chi connectivity index (χ0) is 14.2. The Balaban J connectivity index is 1.76. The van der Waals surface area contributed by atoms with E-state index >= 15 is 0 Å². The molecule has 1 aromatic heterocycles. The molecule has 2 aromatic carbocycles. The molecule has 4 rings (SSSR count). The molecule has 3 aromatic rings. The minimum absolute atomic E-state index is 0.0335. The third kappa shape index (κ3) is 2.35. The molecule has 0 unspecified atom stereocenters. The van der Waals surface area contributed by atoms with Gasteiger partial charge in [-0.05, 0) is 42.0 Å². The van der Waals surface area contributed by atoms with Crippen LogP contribution in [0.25, 0.3) is 10.9 Å². The molecule has 0 saturated heterocycles. The van der Waals surface area contributed by atoms with E-state index in [-0.39, 0.29) is 5.56 Å². The molecule has 0 aliphatic heterocycles. The number of hydrogen-bond donors (Lipinski definition) is 0. The first-order valence-electron chi connectivity index (χ1n) is 7.34. The minimum atomic E-state index is 0.0335. The normalized spacial score (nSPS) is 14.5. The molecule has 104 valence electrons. The van der Waals surface area contributed by atoms with Gasteiger partial charge in [0, 0.05) is 0 Å². The summed E-state index contributed by atoms with van der Waals surface area (Å²) in [5, 5.41) is 0.706. The van der Waals surface area contributed by atoms with Crippen molar-refractivity contribution >= 4 is 10.9 Å². The number of benzene rings is 2. The van der Waals surface area contributed by atoms with Crippen LogP contribution in [0.4, 0.5) is 0 Å². The molecule has 0 atom stereocenters. The molecule has 0 radical (unpaired) electrons. The minimum Gasteiger partial charge on any atom is -0.294 e. The number of rotatable bonds is 3. The van der Waals surface area contributed by atoms with Gasteiger partial charge in [-0.25, -0.2) is 4.98 Å². The average Bonchev–Trinajstić information content (AvgIpc) is 3.36. The highest BCUT2D eigenvalue weighted by Crippen LogP contribution is 2.40. The molecule has 0 N–H and O–H groups in total. The van der Waals surface area contributed by atoms with Gasteiger partial charge in [0.25, 0.3) is 5.56 Å². The van der Waals surface area contributed by atoms with Gasteiger partial charge in [-0.2, -0.15) is 0 Å². The third-order valence-corrected chi connectivity index (χ3v) is 4.09. The molecule has 0 spiro atoms. The standard InChI is InChI=1S/C18H16N2O/c21-18-16-9-8-15(14-6-7-14)10-17(16)19-12-20(18)11-13-4-2-1-3-5-13/h1-5,8-10,12,14H,6-7,11H2. The van der Waals surface area contributed by atoms with Gasteiger partial charge < -0.3 is 0 Å². The van der Waals surface area contributed by atoms with E-state index in [1.807, 2.05) is 36.4 Å². The molecule has 3 heteroatoms. The maximum absolute atomic E-state index is 12.6. The summed E-state index contributed by atoms with van der Waals surface area (Å²) in [6.07, 6.45) is 4.18. The van der Waals surface area contributed by atoms with Crippen LogP contribution in [0, 0.1) is 0 Å². The van der Waals surface area contributed by atoms with Crippen LogP contribution in [0.3, 0.4) is 0 Å². The van der Waals surface area contributed by atoms with Crippen molar-refractivity contribution in [3.63, 3.8) is 0 Å². The SMILES string of the molecule is O=c1c2ccc(C3CC3)cc2ncn1Cc1ccccc1. The van der Waals surface area contributed by atoms with Crippen molar-refractivity contribution in [2.24, 2.45) is 0 Å². The second-order valence-electron chi connectivity index (χ2n) is 5.71. The first-order valence-corrected chi connectivity index (χ1v) is 7.34. The maximum Gasteiger partial charge on any atom is 0.261 e. The van der Waals surface area contributed by atoms with E-state index in [9.17, 15) is 4.79 Å². The topological polar surface area (TPSA) is 34.9 Å². The summed E-state index contributed by atoms with van der Waals surface area (Å²) in [5.74, 6) is 0.683. The van der Waals surface area contributed by atoms with Gasteiger partial charge in [0.15, 0.2) is 0 Å². The molecular formula is C18H16N2O. The van der Waals surface area contributed by atoms with Crippen LogP contribution in [0.15, 0.2) is 59.7 Å². The molecular weight excluding hydrogens is 260 g/mol. The first-order chi connectivity index (χ1) is 10.3. The lowest BCUT2D eigenvalue weighted by Gasteiger charge is -2.07. The van der Waals surface area contributed by atoms with Gasteiger partial charge in [-0.15, -0.1) is 0 Å². The molecule has 0 amide bonds. The van der Waals surface area contributed by atoms with Crippen molar-refractivity contribution in [1.82, 2.24) is 9.55 Å². The van der Waals surface area contributed by atoms with Crippen molar-refractivity contribution in [3.8, 4) is 0 Å². The predicted molar refractivity (Wildman–Crippen MR) is 83.5 cm³/mol. The smallest absolute Gasteiger partial charge is 0.261 e. The third-order valence-electron chi connectivity index (χ3n) is 4.09. The molecule has 21 heavy (non-hydrogen) atoms. The number of fused-ring (bicyclic) bond motifs is 1. The fourth-order valence-corrected chi connectivity index (χ4v) is 2.74. The Morgan fingerprint density at radius 2 is 1.90 bits per heavy atom. The lowest BCUT2D eigenvalue weighted by Crippen LogP contribution is -2.21. The van der Waals surface area contributed by atoms with Crippen molar-refractivity contribution in [2.45, 2.75) is 25.3 Å². The van der Waals surface area contributed by atoms with Crippen LogP contribution in [0.1, 0.15) is 29.9 Å². The Labute approximate surface area is 122 Å². The fourth-order valence-electron chi connectivity index (χ4n) is 2.74. The Kier molecular flexibility index (Phi) is 2.85. The molecule has 0 bridgehead atoms. The van der Waals surface area contributed by atoms with Crippen LogP contribution in [0.2, 0.25) is 0 Å². The van der Waals surface area contributed by atoms with Crippen molar-refractivity contribution in [1.29, 1.82) is 0 Å². The summed E-state index contributed by atoms with van der Waals surface area (Å²) < 4.78 is 1.68. The summed E-state index contributed by atoms with van der Waals surface area (Å²) in [7, 11) is 0. The van der Waals surface area contributed by atoms with Crippen molar-refractivity contribution in [3.05, 3.63) is 76.3 Å². The molecule has 1 fully saturated rings. The molecule has 1 aliphatic rings. The zero-order valence-corrected chi connectivity index (χ0v) is 11.7. The summed E-state index contributed by atoms with van der Waals surface area (Å²) in [6, 6.07) is 16.1. The number of hydrogen-bond acceptors (Lipinski definition) is 2. The summed E-state index contributed by atoms with van der Waals surface area (Å²) >= 11 is 0. The van der Waals surface area contributed by atoms with Crippen molar-refractivity contribution < 1.29 is 0 Å². The highest BCUT2D eigenvalue weighted by Gasteiger charge is 2.23. The largest absolute Gasteiger partial charge is 0.294 e. The van der Waals surface area contributed by atoms with Crippen LogP contribution < -0.4 is 5.56 Å². The highest BCUT2D eigenvalue weighted by molar-refractivity contribution is 5.78. The summed E-state index contributed by atoms with van der Waals surface area (Å²) in [6.45, 7) is 0.562. The Hall–Kier alpha value is -2.42. The lowest BCUT2D eigenvalue weighted by atomic mass is 10.1. The molecule has 1 heterocycles. The van der Waals surface area contributed by atoms with Gasteiger partial charge in [0.05, 0.1) is 23.8 Å². The highest BCUT2D eigenvalue weighted by atomic mass is 16.1. The molecule has 1 saturated carbocycles. The van der Waals surface area contributed by atoms with E-state index in [4.69, 9.17) is 0 Å². The number of aromatic nitrogens is 2. The van der Waals surface area contributed by atoms with Gasteiger partial charge >= 0.3 is 0 Å². The second-order valence-corrected chi connectivity index (χ2v) is 5.71. The van der Waals surface area contributed by atoms with E-state index in [1.165, 1.54) is 18.4 Å². The Morgan fingerprint density at radius 1 is 1.10 bits per heavy atom. The average molecular weight is 276 g/mol. The van der Waals surface area contributed by atoms with Crippen LogP contribution in [-0.2, 0) is 6.54 Å². The predicted octanol–water partition coefficient (Wildman–Crippen LogP) is 3.32.